The van der Waals surface area contributed by atoms with E-state index < -0.39 is 0 Å². The summed E-state index contributed by atoms with van der Waals surface area (Å²) in [4.78, 5) is 21.4. The summed E-state index contributed by atoms with van der Waals surface area (Å²) in [6.07, 6.45) is 4.29. The number of thiazole rings is 1. The zero-order chi connectivity index (χ0) is 18.1. The van der Waals surface area contributed by atoms with E-state index in [4.69, 9.17) is 9.82 Å². The molecule has 9 heteroatoms. The van der Waals surface area contributed by atoms with E-state index in [2.05, 4.69) is 25.3 Å². The molecule has 0 bridgehead atoms. The smallest absolute Gasteiger partial charge is 0.194 e. The molecule has 1 aliphatic rings. The summed E-state index contributed by atoms with van der Waals surface area (Å²) in [6, 6.07) is 3.88. The van der Waals surface area contributed by atoms with Gasteiger partial charge in [0.05, 0.1) is 10.6 Å². The Kier molecular flexibility index (Phi) is 4.29. The molecule has 0 unspecified atom stereocenters. The lowest BCUT2D eigenvalue weighted by molar-refractivity contribution is 0.212. The van der Waals surface area contributed by atoms with Crippen LogP contribution in [0, 0.1) is 6.92 Å². The highest BCUT2D eigenvalue weighted by atomic mass is 32.1. The van der Waals surface area contributed by atoms with Gasteiger partial charge >= 0.3 is 0 Å². The van der Waals surface area contributed by atoms with Crippen LogP contribution in [0.25, 0.3) is 21.3 Å². The molecule has 3 aromatic rings. The quantitative estimate of drug-likeness (QED) is 0.657. The molecule has 4 rings (SSSR count). The number of anilines is 1. The van der Waals surface area contributed by atoms with Crippen molar-refractivity contribution in [3.05, 3.63) is 35.9 Å². The Morgan fingerprint density at radius 1 is 1.27 bits per heavy atom. The molecule has 0 fully saturated rings. The Bertz CT molecular complexity index is 970. The van der Waals surface area contributed by atoms with Gasteiger partial charge in [0, 0.05) is 38.0 Å². The number of rotatable bonds is 3. The molecule has 132 valence electrons. The van der Waals surface area contributed by atoms with Gasteiger partial charge in [-0.15, -0.1) is 21.5 Å². The molecule has 3 aromatic heterocycles. The highest BCUT2D eigenvalue weighted by Crippen LogP contribution is 2.34. The van der Waals surface area contributed by atoms with Crippen LogP contribution in [-0.2, 0) is 4.84 Å². The summed E-state index contributed by atoms with van der Waals surface area (Å²) in [6.45, 7) is 2.75. The molecule has 0 atom stereocenters. The number of aromatic nitrogens is 5. The Morgan fingerprint density at radius 3 is 2.92 bits per heavy atom. The molecule has 0 aliphatic carbocycles. The minimum absolute atomic E-state index is 0.549. The lowest BCUT2D eigenvalue weighted by atomic mass is 10.1. The normalized spacial score (nSPS) is 15.2. The molecule has 26 heavy (non-hydrogen) atoms. The molecule has 4 heterocycles. The number of fused-ring (bicyclic) bond motifs is 1. The average molecular weight is 367 g/mol. The van der Waals surface area contributed by atoms with Crippen LogP contribution in [0.4, 0.5) is 5.82 Å². The van der Waals surface area contributed by atoms with Crippen LogP contribution in [0.3, 0.4) is 0 Å². The Balaban J connectivity index is 1.79. The van der Waals surface area contributed by atoms with Crippen LogP contribution in [-0.4, -0.2) is 51.6 Å². The minimum atomic E-state index is 0.549. The van der Waals surface area contributed by atoms with E-state index in [-0.39, 0.29) is 0 Å². The SMILES string of the molecule is CO/N=C1\CCN(C)c2nnc(-c3sc(-c4cccnc4)nc3C)nc21. The number of aryl methyl sites for hydroxylation is 1. The molecule has 0 amide bonds. The standard InChI is InChI=1S/C17H17N7OS/c1-10-14(26-17(19-10)11-5-4-7-18-9-11)15-20-13-12(23-25-3)6-8-24(2)16(13)22-21-15/h4-5,7,9H,6,8H2,1-3H3/b23-12+. The largest absolute Gasteiger partial charge is 0.399 e. The van der Waals surface area contributed by atoms with E-state index in [0.29, 0.717) is 17.3 Å². The first kappa shape index (κ1) is 16.5. The van der Waals surface area contributed by atoms with Crippen molar-refractivity contribution in [2.45, 2.75) is 13.3 Å². The number of hydrogen-bond acceptors (Lipinski definition) is 9. The molecule has 0 saturated carbocycles. The summed E-state index contributed by atoms with van der Waals surface area (Å²) >= 11 is 1.53. The van der Waals surface area contributed by atoms with Gasteiger partial charge in [-0.25, -0.2) is 9.97 Å². The molecule has 0 radical (unpaired) electrons. The predicted molar refractivity (Wildman–Crippen MR) is 100 cm³/mol. The van der Waals surface area contributed by atoms with Crippen molar-refractivity contribution in [2.75, 3.05) is 25.6 Å². The topological polar surface area (TPSA) is 89.3 Å². The maximum absolute atomic E-state index is 4.97. The average Bonchev–Trinajstić information content (AvgIpc) is 3.06. The summed E-state index contributed by atoms with van der Waals surface area (Å²) in [5, 5.41) is 13.7. The predicted octanol–water partition coefficient (Wildman–Crippen LogP) is 2.56. The van der Waals surface area contributed by atoms with E-state index in [9.17, 15) is 0 Å². The van der Waals surface area contributed by atoms with Gasteiger partial charge < -0.3 is 9.74 Å². The van der Waals surface area contributed by atoms with E-state index in [1.54, 1.807) is 12.4 Å². The Morgan fingerprint density at radius 2 is 2.15 bits per heavy atom. The first-order chi connectivity index (χ1) is 12.7. The summed E-state index contributed by atoms with van der Waals surface area (Å²) in [5.74, 6) is 1.26. The Hall–Kier alpha value is -2.94. The molecule has 8 nitrogen and oxygen atoms in total. The van der Waals surface area contributed by atoms with Gasteiger partial charge in [-0.05, 0) is 19.1 Å². The number of nitrogens with zero attached hydrogens (tertiary/aromatic N) is 7. The van der Waals surface area contributed by atoms with Crippen LogP contribution >= 0.6 is 11.3 Å². The van der Waals surface area contributed by atoms with Gasteiger partial charge in [-0.1, -0.05) is 5.16 Å². The van der Waals surface area contributed by atoms with Crippen LogP contribution in [0.5, 0.6) is 0 Å². The molecule has 0 aromatic carbocycles. The van der Waals surface area contributed by atoms with Gasteiger partial charge in [0.15, 0.2) is 11.6 Å². The van der Waals surface area contributed by atoms with Crippen molar-refractivity contribution in [3.8, 4) is 21.3 Å². The first-order valence-corrected chi connectivity index (χ1v) is 8.93. The zero-order valence-corrected chi connectivity index (χ0v) is 15.5. The third-order valence-electron chi connectivity index (χ3n) is 4.10. The van der Waals surface area contributed by atoms with Crippen molar-refractivity contribution in [3.63, 3.8) is 0 Å². The molecule has 1 aliphatic heterocycles. The number of pyridine rings is 1. The Labute approximate surface area is 154 Å². The third-order valence-corrected chi connectivity index (χ3v) is 5.30. The van der Waals surface area contributed by atoms with Gasteiger partial charge in [-0.3, -0.25) is 4.98 Å². The van der Waals surface area contributed by atoms with Crippen molar-refractivity contribution in [1.29, 1.82) is 0 Å². The lowest BCUT2D eigenvalue weighted by Gasteiger charge is -2.25. The molecule has 0 spiro atoms. The van der Waals surface area contributed by atoms with Crippen LogP contribution in [0.1, 0.15) is 17.8 Å². The highest BCUT2D eigenvalue weighted by molar-refractivity contribution is 7.18. The van der Waals surface area contributed by atoms with E-state index in [0.717, 1.165) is 39.8 Å². The minimum Gasteiger partial charge on any atom is -0.399 e. The second-order valence-electron chi connectivity index (χ2n) is 5.87. The maximum atomic E-state index is 4.97. The van der Waals surface area contributed by atoms with Crippen molar-refractivity contribution in [2.24, 2.45) is 5.16 Å². The maximum Gasteiger partial charge on any atom is 0.194 e. The summed E-state index contributed by atoms with van der Waals surface area (Å²) in [5.41, 5.74) is 3.33. The molecular weight excluding hydrogens is 350 g/mol. The van der Waals surface area contributed by atoms with E-state index in [1.165, 1.54) is 18.4 Å². The second-order valence-corrected chi connectivity index (χ2v) is 6.87. The molecule has 0 saturated heterocycles. The van der Waals surface area contributed by atoms with Gasteiger partial charge in [0.1, 0.15) is 23.5 Å². The lowest BCUT2D eigenvalue weighted by Crippen LogP contribution is -2.31. The molecule has 0 N–H and O–H groups in total. The van der Waals surface area contributed by atoms with Crippen molar-refractivity contribution in [1.82, 2.24) is 25.1 Å². The van der Waals surface area contributed by atoms with Crippen LogP contribution < -0.4 is 4.90 Å². The summed E-state index contributed by atoms with van der Waals surface area (Å²) < 4.78 is 0. The summed E-state index contributed by atoms with van der Waals surface area (Å²) in [7, 11) is 3.50. The van der Waals surface area contributed by atoms with Gasteiger partial charge in [-0.2, -0.15) is 0 Å². The third kappa shape index (κ3) is 2.90. The fraction of sp³-hybridized carbons (Fsp3) is 0.294. The van der Waals surface area contributed by atoms with Crippen molar-refractivity contribution < 1.29 is 4.84 Å². The van der Waals surface area contributed by atoms with Gasteiger partial charge in [0.25, 0.3) is 0 Å². The zero-order valence-electron chi connectivity index (χ0n) is 14.7. The molecular formula is C17H17N7OS. The van der Waals surface area contributed by atoms with E-state index in [1.807, 2.05) is 31.0 Å². The monoisotopic (exact) mass is 367 g/mol. The number of oxime groups is 1. The van der Waals surface area contributed by atoms with Crippen LogP contribution in [0.2, 0.25) is 0 Å². The van der Waals surface area contributed by atoms with Gasteiger partial charge in [0.2, 0.25) is 0 Å². The fourth-order valence-corrected chi connectivity index (χ4v) is 3.77. The number of hydrogen-bond donors (Lipinski definition) is 0. The fourth-order valence-electron chi connectivity index (χ4n) is 2.78. The van der Waals surface area contributed by atoms with Crippen molar-refractivity contribution >= 4 is 22.9 Å². The second kappa shape index (κ2) is 6.75. The van der Waals surface area contributed by atoms with E-state index >= 15 is 0 Å². The first-order valence-electron chi connectivity index (χ1n) is 8.12. The highest BCUT2D eigenvalue weighted by Gasteiger charge is 2.25. The van der Waals surface area contributed by atoms with Crippen LogP contribution in [0.15, 0.2) is 29.7 Å².